The second-order valence-electron chi connectivity index (χ2n) is 14.9. The van der Waals surface area contributed by atoms with Crippen LogP contribution < -0.4 is 0 Å². The van der Waals surface area contributed by atoms with Crippen molar-refractivity contribution in [2.45, 2.75) is 0 Å². The van der Waals surface area contributed by atoms with Crippen LogP contribution in [0, 0.1) is 0 Å². The molecule has 0 aliphatic carbocycles. The number of hydrogen-bond donors (Lipinski definition) is 0. The molecule has 6 heteroatoms. The maximum Gasteiger partial charge on any atom is 0.164 e. The average molecular weight is 781 g/mol. The van der Waals surface area contributed by atoms with Gasteiger partial charge in [0.25, 0.3) is 0 Å². The maximum atomic E-state index is 5.37. The zero-order chi connectivity index (χ0) is 40.5. The highest BCUT2D eigenvalue weighted by Crippen LogP contribution is 2.40. The molecule has 0 radical (unpaired) electrons. The lowest BCUT2D eigenvalue weighted by Gasteiger charge is -2.17. The largest absolute Gasteiger partial charge is 0.309 e. The van der Waals surface area contributed by atoms with Gasteiger partial charge in [0, 0.05) is 44.2 Å². The van der Waals surface area contributed by atoms with Crippen molar-refractivity contribution in [3.8, 4) is 84.9 Å². The number of aromatic nitrogens is 6. The molecule has 6 nitrogen and oxygen atoms in total. The van der Waals surface area contributed by atoms with Crippen LogP contribution in [-0.4, -0.2) is 29.5 Å². The van der Waals surface area contributed by atoms with E-state index >= 15 is 0 Å². The van der Waals surface area contributed by atoms with E-state index in [1.165, 1.54) is 5.56 Å². The van der Waals surface area contributed by atoms with Gasteiger partial charge in [-0.15, -0.1) is 0 Å². The monoisotopic (exact) mass is 780 g/mol. The fourth-order valence-corrected chi connectivity index (χ4v) is 8.11. The van der Waals surface area contributed by atoms with Crippen molar-refractivity contribution in [3.63, 3.8) is 0 Å². The molecule has 8 aromatic carbocycles. The first-order valence-corrected chi connectivity index (χ1v) is 20.3. The normalized spacial score (nSPS) is 11.3. The zero-order valence-corrected chi connectivity index (χ0v) is 33.0. The number of rotatable bonds is 8. The zero-order valence-electron chi connectivity index (χ0n) is 33.0. The minimum atomic E-state index is 0.553. The number of nitrogens with zero attached hydrogens (tertiary/aromatic N) is 6. The van der Waals surface area contributed by atoms with Crippen molar-refractivity contribution in [2.75, 3.05) is 0 Å². The first-order chi connectivity index (χ1) is 30.2. The Kier molecular flexibility index (Phi) is 9.06. The first-order valence-electron chi connectivity index (χ1n) is 20.3. The third-order valence-corrected chi connectivity index (χ3v) is 11.1. The molecule has 0 amide bonds. The van der Waals surface area contributed by atoms with Gasteiger partial charge in [0.1, 0.15) is 0 Å². The standard InChI is InChI=1S/C55H36N6/c1-6-18-37(19-7-1)42-30-32-50-45(34-42)44-28-16-17-29-49(44)61(50)51-33-31-43(54-59-52(40-24-12-4-13-25-40)58-53(60-54)41-26-14-5-15-27-41)35-46(51)55-56-47(38-20-8-2-9-21-38)36-48(57-55)39-22-10-3-11-23-39/h1-36H. The summed E-state index contributed by atoms with van der Waals surface area (Å²) in [5, 5.41) is 2.32. The Hall–Kier alpha value is -8.35. The quantitative estimate of drug-likeness (QED) is 0.154. The molecule has 11 rings (SSSR count). The van der Waals surface area contributed by atoms with E-state index in [0.717, 1.165) is 77.8 Å². The molecule has 0 saturated heterocycles. The molecule has 0 spiro atoms. The maximum absolute atomic E-state index is 5.37. The summed E-state index contributed by atoms with van der Waals surface area (Å²) in [6.07, 6.45) is 0. The smallest absolute Gasteiger partial charge is 0.164 e. The van der Waals surface area contributed by atoms with Crippen molar-refractivity contribution in [3.05, 3.63) is 218 Å². The summed E-state index contributed by atoms with van der Waals surface area (Å²) in [5.74, 6) is 2.34. The van der Waals surface area contributed by atoms with Crippen molar-refractivity contribution in [1.29, 1.82) is 0 Å². The highest BCUT2D eigenvalue weighted by Gasteiger charge is 2.22. The van der Waals surface area contributed by atoms with E-state index in [9.17, 15) is 0 Å². The molecule has 0 saturated carbocycles. The van der Waals surface area contributed by atoms with Gasteiger partial charge in [0.05, 0.1) is 28.1 Å². The first kappa shape index (κ1) is 35.8. The third-order valence-electron chi connectivity index (χ3n) is 11.1. The lowest BCUT2D eigenvalue weighted by molar-refractivity contribution is 1.07. The van der Waals surface area contributed by atoms with Gasteiger partial charge >= 0.3 is 0 Å². The highest BCUT2D eigenvalue weighted by atomic mass is 15.0. The third kappa shape index (κ3) is 6.82. The predicted molar refractivity (Wildman–Crippen MR) is 248 cm³/mol. The molecule has 0 unspecified atom stereocenters. The second-order valence-corrected chi connectivity index (χ2v) is 14.9. The Labute approximate surface area is 353 Å². The molecular weight excluding hydrogens is 745 g/mol. The predicted octanol–water partition coefficient (Wildman–Crippen LogP) is 13.4. The van der Waals surface area contributed by atoms with Crippen LogP contribution in [-0.2, 0) is 0 Å². The highest BCUT2D eigenvalue weighted by molar-refractivity contribution is 6.11. The van der Waals surface area contributed by atoms with Crippen molar-refractivity contribution < 1.29 is 0 Å². The van der Waals surface area contributed by atoms with Gasteiger partial charge in [-0.1, -0.05) is 176 Å². The van der Waals surface area contributed by atoms with Gasteiger partial charge < -0.3 is 4.57 Å². The van der Waals surface area contributed by atoms with Crippen LogP contribution in [0.15, 0.2) is 218 Å². The molecule has 3 heterocycles. The Morgan fingerprint density at radius 1 is 0.262 bits per heavy atom. The molecule has 286 valence electrons. The SMILES string of the molecule is c1ccc(-c2ccc3c(c2)c2ccccc2n3-c2ccc(-c3nc(-c4ccccc4)nc(-c4ccccc4)n3)cc2-c2nc(-c3ccccc3)cc(-c3ccccc3)n2)cc1. The van der Waals surface area contributed by atoms with Gasteiger partial charge in [-0.05, 0) is 53.6 Å². The molecule has 11 aromatic rings. The van der Waals surface area contributed by atoms with E-state index in [2.05, 4.69) is 126 Å². The molecule has 0 N–H and O–H groups in total. The van der Waals surface area contributed by atoms with E-state index in [0.29, 0.717) is 23.3 Å². The minimum absolute atomic E-state index is 0.553. The molecule has 0 aliphatic rings. The summed E-state index contributed by atoms with van der Waals surface area (Å²) in [6.45, 7) is 0. The molecule has 0 fully saturated rings. The van der Waals surface area contributed by atoms with Crippen LogP contribution in [0.2, 0.25) is 0 Å². The Morgan fingerprint density at radius 2 is 0.705 bits per heavy atom. The Bertz CT molecular complexity index is 3220. The second kappa shape index (κ2) is 15.4. The molecule has 0 bridgehead atoms. The fourth-order valence-electron chi connectivity index (χ4n) is 8.11. The number of fused-ring (bicyclic) bond motifs is 3. The summed E-state index contributed by atoms with van der Waals surface area (Å²) in [4.78, 5) is 26.0. The van der Waals surface area contributed by atoms with Gasteiger partial charge in [0.15, 0.2) is 23.3 Å². The van der Waals surface area contributed by atoms with Crippen LogP contribution in [0.4, 0.5) is 0 Å². The van der Waals surface area contributed by atoms with Crippen LogP contribution >= 0.6 is 0 Å². The van der Waals surface area contributed by atoms with E-state index in [-0.39, 0.29) is 0 Å². The Morgan fingerprint density at radius 3 is 1.26 bits per heavy atom. The minimum Gasteiger partial charge on any atom is -0.309 e. The van der Waals surface area contributed by atoms with Crippen LogP contribution in [0.3, 0.4) is 0 Å². The lowest BCUT2D eigenvalue weighted by Crippen LogP contribution is -2.04. The summed E-state index contributed by atoms with van der Waals surface area (Å²) in [5.41, 5.74) is 12.6. The molecule has 0 aliphatic heterocycles. The summed E-state index contributed by atoms with van der Waals surface area (Å²) >= 11 is 0. The fraction of sp³-hybridized carbons (Fsp3) is 0. The molecule has 61 heavy (non-hydrogen) atoms. The van der Waals surface area contributed by atoms with Crippen LogP contribution in [0.1, 0.15) is 0 Å². The average Bonchev–Trinajstić information content (AvgIpc) is 3.68. The molecule has 0 atom stereocenters. The van der Waals surface area contributed by atoms with Crippen LogP contribution in [0.25, 0.3) is 107 Å². The van der Waals surface area contributed by atoms with Gasteiger partial charge in [-0.2, -0.15) is 0 Å². The number of para-hydroxylation sites is 1. The van der Waals surface area contributed by atoms with Crippen molar-refractivity contribution in [1.82, 2.24) is 29.5 Å². The Balaban J connectivity index is 1.20. The van der Waals surface area contributed by atoms with E-state index in [1.54, 1.807) is 0 Å². The van der Waals surface area contributed by atoms with Gasteiger partial charge in [-0.3, -0.25) is 0 Å². The summed E-state index contributed by atoms with van der Waals surface area (Å²) in [6, 6.07) is 75.1. The lowest BCUT2D eigenvalue weighted by atomic mass is 10.0. The topological polar surface area (TPSA) is 69.4 Å². The molecular formula is C55H36N6. The van der Waals surface area contributed by atoms with E-state index < -0.39 is 0 Å². The van der Waals surface area contributed by atoms with Crippen LogP contribution in [0.5, 0.6) is 0 Å². The van der Waals surface area contributed by atoms with Crippen molar-refractivity contribution >= 4 is 21.8 Å². The van der Waals surface area contributed by atoms with Gasteiger partial charge in [-0.25, -0.2) is 24.9 Å². The van der Waals surface area contributed by atoms with Crippen molar-refractivity contribution in [2.24, 2.45) is 0 Å². The van der Waals surface area contributed by atoms with E-state index in [4.69, 9.17) is 24.9 Å². The number of hydrogen-bond acceptors (Lipinski definition) is 5. The van der Waals surface area contributed by atoms with E-state index in [1.807, 2.05) is 97.1 Å². The van der Waals surface area contributed by atoms with Gasteiger partial charge in [0.2, 0.25) is 0 Å². The molecule has 3 aromatic heterocycles. The summed E-state index contributed by atoms with van der Waals surface area (Å²) < 4.78 is 2.34. The summed E-state index contributed by atoms with van der Waals surface area (Å²) in [7, 11) is 0. The number of benzene rings is 8.